The molecule has 0 saturated heterocycles. The Bertz CT molecular complexity index is 833. The van der Waals surface area contributed by atoms with Crippen LogP contribution in [0.3, 0.4) is 0 Å². The van der Waals surface area contributed by atoms with Gasteiger partial charge in [-0.25, -0.2) is 0 Å². The zero-order chi connectivity index (χ0) is 20.5. The van der Waals surface area contributed by atoms with Crippen molar-refractivity contribution in [2.24, 2.45) is 0 Å². The van der Waals surface area contributed by atoms with Gasteiger partial charge in [-0.15, -0.1) is 0 Å². The zero-order valence-corrected chi connectivity index (χ0v) is 16.2. The Balaban J connectivity index is 1.80. The van der Waals surface area contributed by atoms with Crippen LogP contribution in [0.5, 0.6) is 5.75 Å². The van der Waals surface area contributed by atoms with Crippen LogP contribution in [0.15, 0.2) is 48.5 Å². The number of nitrogens with one attached hydrogen (secondary N) is 2. The number of hydrogen-bond acceptors (Lipinski definition) is 5. The van der Waals surface area contributed by atoms with Gasteiger partial charge in [-0.3, -0.25) is 14.4 Å². The quantitative estimate of drug-likeness (QED) is 0.682. The number of carbonyl (C=O) groups is 3. The third kappa shape index (κ3) is 6.12. The maximum absolute atomic E-state index is 12.1. The van der Waals surface area contributed by atoms with E-state index in [0.29, 0.717) is 17.0 Å². The summed E-state index contributed by atoms with van der Waals surface area (Å²) in [5.41, 5.74) is 2.13. The molecule has 0 fully saturated rings. The fourth-order valence-electron chi connectivity index (χ4n) is 2.38. The number of carbonyl (C=O) groups excluding carboxylic acids is 3. The summed E-state index contributed by atoms with van der Waals surface area (Å²) in [6, 6.07) is 14.0. The van der Waals surface area contributed by atoms with E-state index in [0.717, 1.165) is 12.0 Å². The number of benzene rings is 2. The maximum atomic E-state index is 12.1. The van der Waals surface area contributed by atoms with Gasteiger partial charge in [0.2, 0.25) is 0 Å². The molecule has 0 saturated carbocycles. The Morgan fingerprint density at radius 2 is 1.79 bits per heavy atom. The second kappa shape index (κ2) is 10.1. The highest BCUT2D eigenvalue weighted by Gasteiger charge is 2.18. The third-order valence-corrected chi connectivity index (χ3v) is 4.03. The molecule has 2 amide bonds. The Kier molecular flexibility index (Phi) is 7.56. The second-order valence-corrected chi connectivity index (χ2v) is 6.09. The normalized spacial score (nSPS) is 11.2. The molecule has 2 aromatic rings. The fourth-order valence-corrected chi connectivity index (χ4v) is 2.38. The van der Waals surface area contributed by atoms with Crippen molar-refractivity contribution in [2.45, 2.75) is 26.4 Å². The summed E-state index contributed by atoms with van der Waals surface area (Å²) < 4.78 is 10.1. The highest BCUT2D eigenvalue weighted by molar-refractivity contribution is 5.97. The van der Waals surface area contributed by atoms with Crippen LogP contribution in [0.4, 0.5) is 5.69 Å². The van der Waals surface area contributed by atoms with Gasteiger partial charge in [0.1, 0.15) is 12.3 Å². The molecule has 0 aliphatic heterocycles. The minimum absolute atomic E-state index is 0.348. The number of esters is 1. The standard InChI is InChI=1S/C21H24N2O5/c1-4-15-8-10-17(11-9-15)23-20(25)14(2)28-19(24)13-22-21(26)16-6-5-7-18(12-16)27-3/h5-12,14H,4,13H2,1-3H3,(H,22,26)(H,23,25). The van der Waals surface area contributed by atoms with E-state index in [1.165, 1.54) is 14.0 Å². The highest BCUT2D eigenvalue weighted by atomic mass is 16.5. The summed E-state index contributed by atoms with van der Waals surface area (Å²) in [6.07, 6.45) is -0.0870. The van der Waals surface area contributed by atoms with Gasteiger partial charge in [0, 0.05) is 11.3 Å². The van der Waals surface area contributed by atoms with Crippen molar-refractivity contribution in [3.8, 4) is 5.75 Å². The predicted molar refractivity (Wildman–Crippen MR) is 105 cm³/mol. The van der Waals surface area contributed by atoms with Crippen LogP contribution in [-0.4, -0.2) is 37.5 Å². The molecule has 0 heterocycles. The average molecular weight is 384 g/mol. The first-order valence-electron chi connectivity index (χ1n) is 8.94. The summed E-state index contributed by atoms with van der Waals surface area (Å²) in [7, 11) is 1.50. The molecule has 28 heavy (non-hydrogen) atoms. The molecule has 7 nitrogen and oxygen atoms in total. The number of hydrogen-bond donors (Lipinski definition) is 2. The van der Waals surface area contributed by atoms with Crippen molar-refractivity contribution >= 4 is 23.5 Å². The van der Waals surface area contributed by atoms with Crippen LogP contribution in [0.1, 0.15) is 29.8 Å². The molecular weight excluding hydrogens is 360 g/mol. The van der Waals surface area contributed by atoms with Crippen LogP contribution < -0.4 is 15.4 Å². The summed E-state index contributed by atoms with van der Waals surface area (Å²) in [4.78, 5) is 36.1. The van der Waals surface area contributed by atoms with Crippen LogP contribution in [0, 0.1) is 0 Å². The Hall–Kier alpha value is -3.35. The van der Waals surface area contributed by atoms with Gasteiger partial charge in [0.25, 0.3) is 11.8 Å². The Labute approximate surface area is 164 Å². The van der Waals surface area contributed by atoms with E-state index in [-0.39, 0.29) is 6.54 Å². The molecule has 2 N–H and O–H groups in total. The summed E-state index contributed by atoms with van der Waals surface area (Å²) in [5.74, 6) is -1.06. The fraction of sp³-hybridized carbons (Fsp3) is 0.286. The highest BCUT2D eigenvalue weighted by Crippen LogP contribution is 2.12. The van der Waals surface area contributed by atoms with E-state index in [1.807, 2.05) is 19.1 Å². The van der Waals surface area contributed by atoms with Gasteiger partial charge in [-0.2, -0.15) is 0 Å². The van der Waals surface area contributed by atoms with Crippen LogP contribution in [0.25, 0.3) is 0 Å². The van der Waals surface area contributed by atoms with Gasteiger partial charge in [-0.1, -0.05) is 25.1 Å². The molecule has 2 rings (SSSR count). The Morgan fingerprint density at radius 1 is 1.07 bits per heavy atom. The lowest BCUT2D eigenvalue weighted by molar-refractivity contribution is -0.152. The van der Waals surface area contributed by atoms with Crippen molar-refractivity contribution in [3.05, 3.63) is 59.7 Å². The lowest BCUT2D eigenvalue weighted by Crippen LogP contribution is -2.35. The molecule has 148 valence electrons. The zero-order valence-electron chi connectivity index (χ0n) is 16.2. The van der Waals surface area contributed by atoms with E-state index >= 15 is 0 Å². The van der Waals surface area contributed by atoms with Crippen LogP contribution in [0.2, 0.25) is 0 Å². The van der Waals surface area contributed by atoms with Crippen LogP contribution in [-0.2, 0) is 20.7 Å². The Morgan fingerprint density at radius 3 is 2.43 bits per heavy atom. The molecular formula is C21H24N2O5. The lowest BCUT2D eigenvalue weighted by atomic mass is 10.1. The van der Waals surface area contributed by atoms with E-state index < -0.39 is 23.9 Å². The molecule has 2 aromatic carbocycles. The van der Waals surface area contributed by atoms with Crippen molar-refractivity contribution in [2.75, 3.05) is 19.0 Å². The molecule has 7 heteroatoms. The number of aryl methyl sites for hydroxylation is 1. The molecule has 0 aromatic heterocycles. The van der Waals surface area contributed by atoms with Crippen molar-refractivity contribution in [3.63, 3.8) is 0 Å². The molecule has 0 aliphatic carbocycles. The summed E-state index contributed by atoms with van der Waals surface area (Å²) >= 11 is 0. The van der Waals surface area contributed by atoms with Crippen molar-refractivity contribution in [1.82, 2.24) is 5.32 Å². The summed E-state index contributed by atoms with van der Waals surface area (Å²) in [5, 5.41) is 5.14. The van der Waals surface area contributed by atoms with Crippen molar-refractivity contribution in [1.29, 1.82) is 0 Å². The molecule has 0 bridgehead atoms. The minimum Gasteiger partial charge on any atom is -0.497 e. The third-order valence-electron chi connectivity index (χ3n) is 4.03. The van der Waals surface area contributed by atoms with Crippen molar-refractivity contribution < 1.29 is 23.9 Å². The lowest BCUT2D eigenvalue weighted by Gasteiger charge is -2.14. The molecule has 0 aliphatic rings. The topological polar surface area (TPSA) is 93.7 Å². The molecule has 1 unspecified atom stereocenters. The largest absolute Gasteiger partial charge is 0.497 e. The molecule has 0 radical (unpaired) electrons. The monoisotopic (exact) mass is 384 g/mol. The van der Waals surface area contributed by atoms with E-state index in [9.17, 15) is 14.4 Å². The smallest absolute Gasteiger partial charge is 0.326 e. The predicted octanol–water partition coefficient (Wildman–Crippen LogP) is 2.56. The first kappa shape index (κ1) is 21.0. The van der Waals surface area contributed by atoms with Gasteiger partial charge in [-0.05, 0) is 49.2 Å². The number of ether oxygens (including phenoxy) is 2. The number of amides is 2. The van der Waals surface area contributed by atoms with E-state index in [2.05, 4.69) is 10.6 Å². The number of methoxy groups -OCH3 is 1. The van der Waals surface area contributed by atoms with E-state index in [1.54, 1.807) is 36.4 Å². The second-order valence-electron chi connectivity index (χ2n) is 6.09. The van der Waals surface area contributed by atoms with E-state index in [4.69, 9.17) is 9.47 Å². The first-order chi connectivity index (χ1) is 13.4. The van der Waals surface area contributed by atoms with Crippen LogP contribution >= 0.6 is 0 Å². The van der Waals surface area contributed by atoms with Gasteiger partial charge >= 0.3 is 5.97 Å². The minimum atomic E-state index is -0.993. The first-order valence-corrected chi connectivity index (χ1v) is 8.94. The van der Waals surface area contributed by atoms with Gasteiger partial charge < -0.3 is 20.1 Å². The SMILES string of the molecule is CCc1ccc(NC(=O)C(C)OC(=O)CNC(=O)c2cccc(OC)c2)cc1. The number of rotatable bonds is 8. The molecule has 1 atom stereocenters. The number of anilines is 1. The maximum Gasteiger partial charge on any atom is 0.326 e. The average Bonchev–Trinajstić information content (AvgIpc) is 2.72. The van der Waals surface area contributed by atoms with Gasteiger partial charge in [0.15, 0.2) is 6.10 Å². The summed E-state index contributed by atoms with van der Waals surface area (Å²) in [6.45, 7) is 3.17. The molecule has 0 spiro atoms. The van der Waals surface area contributed by atoms with Gasteiger partial charge in [0.05, 0.1) is 7.11 Å².